The summed E-state index contributed by atoms with van der Waals surface area (Å²) in [5.41, 5.74) is 1.40. The largest absolute Gasteiger partial charge is 0.354 e. The Morgan fingerprint density at radius 3 is 1.97 bits per heavy atom. The first-order chi connectivity index (χ1) is 14.0. The van der Waals surface area contributed by atoms with Crippen molar-refractivity contribution < 1.29 is 4.79 Å². The normalized spacial score (nSPS) is 15.6. The van der Waals surface area contributed by atoms with E-state index in [1.807, 2.05) is 36.4 Å². The van der Waals surface area contributed by atoms with Crippen molar-refractivity contribution in [2.45, 2.75) is 37.6 Å². The van der Waals surface area contributed by atoms with Gasteiger partial charge in [0.1, 0.15) is 5.41 Å². The number of carbonyl (C=O) groups excluding carboxylic acids is 1. The van der Waals surface area contributed by atoms with Crippen LogP contribution >= 0.6 is 12.4 Å². The third-order valence-electron chi connectivity index (χ3n) is 6.32. The van der Waals surface area contributed by atoms with Crippen LogP contribution in [0.3, 0.4) is 0 Å². The summed E-state index contributed by atoms with van der Waals surface area (Å²) in [6, 6.07) is 20.8. The zero-order valence-corrected chi connectivity index (χ0v) is 19.3. The molecule has 1 amide bonds. The molecule has 0 spiro atoms. The molecule has 5 heteroatoms. The Morgan fingerprint density at radius 1 is 1.00 bits per heavy atom. The monoisotopic (exact) mass is 429 g/mol. The van der Waals surface area contributed by atoms with E-state index in [2.05, 4.69) is 60.4 Å². The van der Waals surface area contributed by atoms with Gasteiger partial charge in [-0.05, 0) is 64.5 Å². The van der Waals surface area contributed by atoms with Crippen molar-refractivity contribution >= 4 is 18.3 Å². The molecule has 2 aromatic rings. The highest BCUT2D eigenvalue weighted by molar-refractivity contribution is 5.92. The van der Waals surface area contributed by atoms with Gasteiger partial charge in [-0.15, -0.1) is 12.4 Å². The van der Waals surface area contributed by atoms with E-state index in [4.69, 9.17) is 0 Å². The summed E-state index contributed by atoms with van der Waals surface area (Å²) in [7, 11) is 4.16. The van der Waals surface area contributed by atoms with E-state index in [1.165, 1.54) is 12.8 Å². The van der Waals surface area contributed by atoms with E-state index in [0.717, 1.165) is 37.2 Å². The predicted octanol–water partition coefficient (Wildman–Crippen LogP) is 3.95. The summed E-state index contributed by atoms with van der Waals surface area (Å²) >= 11 is 0. The van der Waals surface area contributed by atoms with Gasteiger partial charge in [0.15, 0.2) is 0 Å². The van der Waals surface area contributed by atoms with Crippen molar-refractivity contribution in [3.05, 3.63) is 71.8 Å². The Balaban J connectivity index is 0.00000320. The van der Waals surface area contributed by atoms with Gasteiger partial charge in [-0.1, -0.05) is 60.7 Å². The number of likely N-dealkylation sites (tertiary alicyclic amines) is 1. The number of hydrogen-bond donors (Lipinski definition) is 1. The quantitative estimate of drug-likeness (QED) is 0.655. The summed E-state index contributed by atoms with van der Waals surface area (Å²) in [6.07, 6.45) is 3.27. The second-order valence-corrected chi connectivity index (χ2v) is 8.46. The van der Waals surface area contributed by atoms with E-state index >= 15 is 0 Å². The van der Waals surface area contributed by atoms with Crippen LogP contribution in [0.5, 0.6) is 0 Å². The van der Waals surface area contributed by atoms with Crippen molar-refractivity contribution in [3.8, 4) is 0 Å². The lowest BCUT2D eigenvalue weighted by Crippen LogP contribution is -2.50. The van der Waals surface area contributed by atoms with Crippen LogP contribution in [0.15, 0.2) is 60.7 Å². The van der Waals surface area contributed by atoms with E-state index in [0.29, 0.717) is 6.54 Å². The molecule has 1 N–H and O–H groups in total. The van der Waals surface area contributed by atoms with Gasteiger partial charge in [0.2, 0.25) is 5.91 Å². The fourth-order valence-electron chi connectivity index (χ4n) is 4.31. The molecular formula is C25H36ClN3O. The van der Waals surface area contributed by atoms with Crippen LogP contribution in [-0.2, 0) is 10.2 Å². The number of nitrogens with one attached hydrogen (secondary N) is 1. The molecule has 1 aliphatic rings. The van der Waals surface area contributed by atoms with Crippen molar-refractivity contribution in [2.75, 3.05) is 40.3 Å². The van der Waals surface area contributed by atoms with Crippen molar-refractivity contribution in [1.82, 2.24) is 15.1 Å². The molecule has 0 radical (unpaired) electrons. The van der Waals surface area contributed by atoms with Gasteiger partial charge in [-0.2, -0.15) is 0 Å². The Morgan fingerprint density at radius 2 is 1.50 bits per heavy atom. The lowest BCUT2D eigenvalue weighted by Gasteiger charge is -2.37. The summed E-state index contributed by atoms with van der Waals surface area (Å²) in [5, 5.41) is 3.29. The first kappa shape index (κ1) is 24.4. The Kier molecular flexibility index (Phi) is 9.35. The SMILES string of the molecule is CC(CC(C(=O)NCCN1CCCC1)(c1ccccc1)c1ccccc1)N(C)C.Cl. The summed E-state index contributed by atoms with van der Waals surface area (Å²) in [4.78, 5) is 18.5. The average molecular weight is 430 g/mol. The van der Waals surface area contributed by atoms with Crippen molar-refractivity contribution in [2.24, 2.45) is 0 Å². The molecular weight excluding hydrogens is 394 g/mol. The second-order valence-electron chi connectivity index (χ2n) is 8.46. The van der Waals surface area contributed by atoms with Crippen LogP contribution < -0.4 is 5.32 Å². The lowest BCUT2D eigenvalue weighted by atomic mass is 9.69. The molecule has 3 rings (SSSR count). The Bertz CT molecular complexity index is 721. The number of nitrogens with zero attached hydrogens (tertiary/aromatic N) is 2. The lowest BCUT2D eigenvalue weighted by molar-refractivity contribution is -0.126. The van der Waals surface area contributed by atoms with E-state index < -0.39 is 5.41 Å². The fourth-order valence-corrected chi connectivity index (χ4v) is 4.31. The van der Waals surface area contributed by atoms with Gasteiger partial charge in [0, 0.05) is 19.1 Å². The minimum Gasteiger partial charge on any atom is -0.354 e. The van der Waals surface area contributed by atoms with Crippen LogP contribution in [-0.4, -0.2) is 62.0 Å². The van der Waals surface area contributed by atoms with Gasteiger partial charge in [-0.25, -0.2) is 0 Å². The number of amides is 1. The molecule has 1 atom stereocenters. The highest BCUT2D eigenvalue weighted by atomic mass is 35.5. The molecule has 30 heavy (non-hydrogen) atoms. The van der Waals surface area contributed by atoms with E-state index in [9.17, 15) is 4.79 Å². The standard InChI is InChI=1S/C25H35N3O.ClH/c1-21(27(2)3)20-25(22-12-6-4-7-13-22,23-14-8-5-9-15-23)24(29)26-16-19-28-17-10-11-18-28;/h4-9,12-15,21H,10-11,16-20H2,1-3H3,(H,26,29);1H. The van der Waals surface area contributed by atoms with Crippen LogP contribution in [0.1, 0.15) is 37.3 Å². The Hall–Kier alpha value is -1.88. The summed E-state index contributed by atoms with van der Waals surface area (Å²) in [5.74, 6) is 0.0998. The van der Waals surface area contributed by atoms with Gasteiger partial charge in [-0.3, -0.25) is 4.79 Å². The molecule has 1 heterocycles. The van der Waals surface area contributed by atoms with E-state index in [1.54, 1.807) is 0 Å². The third-order valence-corrected chi connectivity index (χ3v) is 6.32. The Labute approximate surface area is 188 Å². The third kappa shape index (κ3) is 5.63. The smallest absolute Gasteiger partial charge is 0.235 e. The number of hydrogen-bond acceptors (Lipinski definition) is 3. The van der Waals surface area contributed by atoms with Crippen LogP contribution in [0.4, 0.5) is 0 Å². The van der Waals surface area contributed by atoms with E-state index in [-0.39, 0.29) is 24.4 Å². The van der Waals surface area contributed by atoms with Gasteiger partial charge in [0.25, 0.3) is 0 Å². The van der Waals surface area contributed by atoms with Gasteiger partial charge < -0.3 is 15.1 Å². The van der Waals surface area contributed by atoms with Gasteiger partial charge >= 0.3 is 0 Å². The zero-order chi connectivity index (χ0) is 20.7. The maximum Gasteiger partial charge on any atom is 0.235 e. The number of benzene rings is 2. The predicted molar refractivity (Wildman–Crippen MR) is 127 cm³/mol. The maximum atomic E-state index is 13.8. The summed E-state index contributed by atoms with van der Waals surface area (Å²) in [6.45, 7) is 6.11. The fraction of sp³-hybridized carbons (Fsp3) is 0.480. The molecule has 164 valence electrons. The van der Waals surface area contributed by atoms with Crippen molar-refractivity contribution in [1.29, 1.82) is 0 Å². The molecule has 0 saturated carbocycles. The van der Waals surface area contributed by atoms with Crippen LogP contribution in [0.2, 0.25) is 0 Å². The topological polar surface area (TPSA) is 35.6 Å². The van der Waals surface area contributed by atoms with Crippen LogP contribution in [0.25, 0.3) is 0 Å². The van der Waals surface area contributed by atoms with Gasteiger partial charge in [0.05, 0.1) is 0 Å². The minimum atomic E-state index is -0.711. The maximum absolute atomic E-state index is 13.8. The second kappa shape index (κ2) is 11.5. The molecule has 0 aromatic heterocycles. The summed E-state index contributed by atoms with van der Waals surface area (Å²) < 4.78 is 0. The molecule has 0 bridgehead atoms. The highest BCUT2D eigenvalue weighted by Gasteiger charge is 2.43. The highest BCUT2D eigenvalue weighted by Crippen LogP contribution is 2.38. The first-order valence-corrected chi connectivity index (χ1v) is 10.8. The number of rotatable bonds is 9. The molecule has 2 aromatic carbocycles. The molecule has 0 aliphatic carbocycles. The average Bonchev–Trinajstić information content (AvgIpc) is 3.26. The number of carbonyl (C=O) groups is 1. The molecule has 1 aliphatic heterocycles. The molecule has 1 unspecified atom stereocenters. The van der Waals surface area contributed by atoms with Crippen molar-refractivity contribution in [3.63, 3.8) is 0 Å². The minimum absolute atomic E-state index is 0. The molecule has 4 nitrogen and oxygen atoms in total. The number of halogens is 1. The molecule has 1 fully saturated rings. The zero-order valence-electron chi connectivity index (χ0n) is 18.5. The molecule has 1 saturated heterocycles. The van der Waals surface area contributed by atoms with Crippen LogP contribution in [0, 0.1) is 0 Å². The first-order valence-electron chi connectivity index (χ1n) is 10.8.